The number of anilines is 2. The molecule has 0 bridgehead atoms. The highest BCUT2D eigenvalue weighted by Gasteiger charge is 2.25. The van der Waals surface area contributed by atoms with Gasteiger partial charge in [-0.2, -0.15) is 0 Å². The Morgan fingerprint density at radius 3 is 2.31 bits per heavy atom. The van der Waals surface area contributed by atoms with Crippen LogP contribution in [0.3, 0.4) is 0 Å². The van der Waals surface area contributed by atoms with E-state index >= 15 is 0 Å². The number of nitrogens with two attached hydrogens (primary N) is 1. The van der Waals surface area contributed by atoms with Gasteiger partial charge in [-0.05, 0) is 30.3 Å². The van der Waals surface area contributed by atoms with E-state index in [-0.39, 0.29) is 23.2 Å². The molecule has 0 atom stereocenters. The summed E-state index contributed by atoms with van der Waals surface area (Å²) >= 11 is 0. The van der Waals surface area contributed by atoms with E-state index in [0.29, 0.717) is 31.9 Å². The standard InChI is InChI=1S/C20H21FN4O4/c21-14-6-7-16(17(22)12-14)19(27)29-13-18(26)24-8-10-25(11-9-24)20(28)23-15-4-2-1-3-5-15/h1-7,12H,8-11,13,22H2,(H,23,28). The Morgan fingerprint density at radius 2 is 1.66 bits per heavy atom. The number of benzene rings is 2. The minimum absolute atomic E-state index is 0.00148. The molecule has 8 nitrogen and oxygen atoms in total. The molecule has 0 radical (unpaired) electrons. The van der Waals surface area contributed by atoms with Crippen molar-refractivity contribution in [2.24, 2.45) is 0 Å². The number of nitrogens with one attached hydrogen (secondary N) is 1. The van der Waals surface area contributed by atoms with Crippen LogP contribution in [-0.4, -0.2) is 60.5 Å². The third kappa shape index (κ3) is 5.22. The van der Waals surface area contributed by atoms with Crippen LogP contribution in [0.1, 0.15) is 10.4 Å². The largest absolute Gasteiger partial charge is 0.452 e. The lowest BCUT2D eigenvalue weighted by Gasteiger charge is -2.34. The summed E-state index contributed by atoms with van der Waals surface area (Å²) in [4.78, 5) is 39.7. The van der Waals surface area contributed by atoms with Crippen LogP contribution in [0, 0.1) is 5.82 Å². The first kappa shape index (κ1) is 20.1. The molecule has 0 aliphatic carbocycles. The molecule has 1 aliphatic rings. The van der Waals surface area contributed by atoms with Crippen molar-refractivity contribution in [3.05, 3.63) is 59.9 Å². The molecule has 2 aromatic carbocycles. The zero-order valence-corrected chi connectivity index (χ0v) is 15.6. The van der Waals surface area contributed by atoms with E-state index < -0.39 is 18.4 Å². The second kappa shape index (κ2) is 9.05. The minimum atomic E-state index is -0.795. The third-order valence-electron chi connectivity index (χ3n) is 4.50. The molecule has 0 aromatic heterocycles. The van der Waals surface area contributed by atoms with E-state index in [2.05, 4.69) is 5.32 Å². The summed E-state index contributed by atoms with van der Waals surface area (Å²) in [6.45, 7) is 0.937. The number of para-hydroxylation sites is 1. The fraction of sp³-hybridized carbons (Fsp3) is 0.250. The maximum Gasteiger partial charge on any atom is 0.340 e. The molecule has 1 aliphatic heterocycles. The number of esters is 1. The number of halogens is 1. The lowest BCUT2D eigenvalue weighted by atomic mass is 10.2. The summed E-state index contributed by atoms with van der Waals surface area (Å²) in [5.74, 6) is -1.73. The van der Waals surface area contributed by atoms with E-state index in [1.165, 1.54) is 11.0 Å². The fourth-order valence-electron chi connectivity index (χ4n) is 2.90. The number of nitrogens with zero attached hydrogens (tertiary/aromatic N) is 2. The number of rotatable bonds is 4. The van der Waals surface area contributed by atoms with Gasteiger partial charge in [0.05, 0.1) is 5.56 Å². The van der Waals surface area contributed by atoms with Gasteiger partial charge in [-0.15, -0.1) is 0 Å². The summed E-state index contributed by atoms with van der Waals surface area (Å²) < 4.78 is 18.0. The van der Waals surface area contributed by atoms with Crippen molar-refractivity contribution >= 4 is 29.3 Å². The van der Waals surface area contributed by atoms with Crippen molar-refractivity contribution < 1.29 is 23.5 Å². The number of piperazine rings is 1. The van der Waals surface area contributed by atoms with Crippen molar-refractivity contribution in [3.63, 3.8) is 0 Å². The van der Waals surface area contributed by atoms with Gasteiger partial charge in [0, 0.05) is 37.6 Å². The summed E-state index contributed by atoms with van der Waals surface area (Å²) in [6.07, 6.45) is 0. The van der Waals surface area contributed by atoms with Crippen LogP contribution in [0.25, 0.3) is 0 Å². The average Bonchev–Trinajstić information content (AvgIpc) is 2.72. The minimum Gasteiger partial charge on any atom is -0.452 e. The number of hydrogen-bond donors (Lipinski definition) is 2. The second-order valence-electron chi connectivity index (χ2n) is 6.47. The third-order valence-corrected chi connectivity index (χ3v) is 4.50. The number of ether oxygens (including phenoxy) is 1. The molecule has 1 fully saturated rings. The number of amides is 3. The molecule has 152 valence electrons. The maximum absolute atomic E-state index is 13.1. The molecule has 1 saturated heterocycles. The molecule has 0 unspecified atom stereocenters. The van der Waals surface area contributed by atoms with Crippen LogP contribution in [0.5, 0.6) is 0 Å². The normalized spacial score (nSPS) is 13.7. The van der Waals surface area contributed by atoms with Crippen LogP contribution in [0.4, 0.5) is 20.6 Å². The van der Waals surface area contributed by atoms with Gasteiger partial charge in [0.1, 0.15) is 5.82 Å². The van der Waals surface area contributed by atoms with Gasteiger partial charge in [0.25, 0.3) is 5.91 Å². The summed E-state index contributed by atoms with van der Waals surface area (Å²) in [5, 5.41) is 2.80. The topological polar surface area (TPSA) is 105 Å². The van der Waals surface area contributed by atoms with Gasteiger partial charge in [-0.25, -0.2) is 14.0 Å². The molecular formula is C20H21FN4O4. The van der Waals surface area contributed by atoms with Gasteiger partial charge < -0.3 is 25.6 Å². The summed E-state index contributed by atoms with van der Waals surface area (Å²) in [7, 11) is 0. The fourth-order valence-corrected chi connectivity index (χ4v) is 2.90. The average molecular weight is 400 g/mol. The van der Waals surface area contributed by atoms with E-state index in [1.54, 1.807) is 17.0 Å². The SMILES string of the molecule is Nc1cc(F)ccc1C(=O)OCC(=O)N1CCN(C(=O)Nc2ccccc2)CC1. The van der Waals surface area contributed by atoms with Gasteiger partial charge >= 0.3 is 12.0 Å². The number of carbonyl (C=O) groups is 3. The van der Waals surface area contributed by atoms with E-state index in [4.69, 9.17) is 10.5 Å². The van der Waals surface area contributed by atoms with Crippen LogP contribution in [0.15, 0.2) is 48.5 Å². The van der Waals surface area contributed by atoms with Crippen LogP contribution in [-0.2, 0) is 9.53 Å². The Morgan fingerprint density at radius 1 is 1.00 bits per heavy atom. The summed E-state index contributed by atoms with van der Waals surface area (Å²) in [6, 6.07) is 12.2. The number of nitrogen functional groups attached to an aromatic ring is 1. The van der Waals surface area contributed by atoms with Crippen molar-refractivity contribution in [1.82, 2.24) is 9.80 Å². The van der Waals surface area contributed by atoms with Crippen LogP contribution >= 0.6 is 0 Å². The molecule has 9 heteroatoms. The van der Waals surface area contributed by atoms with Crippen LogP contribution in [0.2, 0.25) is 0 Å². The zero-order chi connectivity index (χ0) is 20.8. The van der Waals surface area contributed by atoms with Gasteiger partial charge in [-0.3, -0.25) is 4.79 Å². The Labute approximate surface area is 167 Å². The van der Waals surface area contributed by atoms with Gasteiger partial charge in [-0.1, -0.05) is 18.2 Å². The highest BCUT2D eigenvalue weighted by atomic mass is 19.1. The molecule has 3 N–H and O–H groups in total. The second-order valence-corrected chi connectivity index (χ2v) is 6.47. The lowest BCUT2D eigenvalue weighted by molar-refractivity contribution is -0.135. The zero-order valence-electron chi connectivity index (χ0n) is 15.6. The summed E-state index contributed by atoms with van der Waals surface area (Å²) in [5.41, 5.74) is 6.23. The van der Waals surface area contributed by atoms with Gasteiger partial charge in [0.15, 0.2) is 6.61 Å². The Balaban J connectivity index is 1.45. The van der Waals surface area contributed by atoms with Gasteiger partial charge in [0.2, 0.25) is 0 Å². The van der Waals surface area contributed by atoms with Crippen molar-refractivity contribution in [1.29, 1.82) is 0 Å². The highest BCUT2D eigenvalue weighted by molar-refractivity contribution is 5.96. The van der Waals surface area contributed by atoms with E-state index in [0.717, 1.165) is 12.1 Å². The van der Waals surface area contributed by atoms with Crippen molar-refractivity contribution in [3.8, 4) is 0 Å². The quantitative estimate of drug-likeness (QED) is 0.603. The predicted octanol–water partition coefficient (Wildman–Crippen LogP) is 1.94. The molecule has 3 rings (SSSR count). The first-order chi connectivity index (χ1) is 13.9. The molecular weight excluding hydrogens is 379 g/mol. The molecule has 3 amide bonds. The molecule has 29 heavy (non-hydrogen) atoms. The monoisotopic (exact) mass is 400 g/mol. The first-order valence-corrected chi connectivity index (χ1v) is 9.05. The predicted molar refractivity (Wildman–Crippen MR) is 105 cm³/mol. The number of urea groups is 1. The number of carbonyl (C=O) groups excluding carboxylic acids is 3. The van der Waals surface area contributed by atoms with Crippen molar-refractivity contribution in [2.75, 3.05) is 43.8 Å². The first-order valence-electron chi connectivity index (χ1n) is 9.05. The number of hydrogen-bond acceptors (Lipinski definition) is 5. The molecule has 1 heterocycles. The molecule has 0 saturated carbocycles. The molecule has 2 aromatic rings. The van der Waals surface area contributed by atoms with Crippen molar-refractivity contribution in [2.45, 2.75) is 0 Å². The van der Waals surface area contributed by atoms with E-state index in [9.17, 15) is 18.8 Å². The van der Waals surface area contributed by atoms with Crippen LogP contribution < -0.4 is 11.1 Å². The van der Waals surface area contributed by atoms with E-state index in [1.807, 2.05) is 18.2 Å². The maximum atomic E-state index is 13.1. The Kier molecular flexibility index (Phi) is 6.28. The molecule has 0 spiro atoms. The lowest BCUT2D eigenvalue weighted by Crippen LogP contribution is -2.52. The highest BCUT2D eigenvalue weighted by Crippen LogP contribution is 2.15. The smallest absolute Gasteiger partial charge is 0.340 e. The Hall–Kier alpha value is -3.62. The Bertz CT molecular complexity index is 899.